The molecule has 0 aliphatic carbocycles. The highest BCUT2D eigenvalue weighted by molar-refractivity contribution is 5.45. The number of anilines is 1. The third-order valence-electron chi connectivity index (χ3n) is 4.35. The summed E-state index contributed by atoms with van der Waals surface area (Å²) in [4.78, 5) is 7.14. The summed E-state index contributed by atoms with van der Waals surface area (Å²) in [7, 11) is 2.00. The molecule has 1 saturated heterocycles. The topological polar surface area (TPSA) is 28.2 Å². The number of nitrogens with zero attached hydrogens (tertiary/aromatic N) is 2. The number of pyridine rings is 1. The van der Waals surface area contributed by atoms with Gasteiger partial charge >= 0.3 is 0 Å². The van der Waals surface area contributed by atoms with E-state index in [4.69, 9.17) is 0 Å². The molecule has 2 heterocycles. The van der Waals surface area contributed by atoms with Gasteiger partial charge in [-0.3, -0.25) is 4.98 Å². The van der Waals surface area contributed by atoms with Gasteiger partial charge in [0.25, 0.3) is 0 Å². The largest absolute Gasteiger partial charge is 0.370 e. The van der Waals surface area contributed by atoms with Crippen molar-refractivity contribution in [1.82, 2.24) is 10.3 Å². The number of hydrogen-bond donors (Lipinski definition) is 1. The average molecular weight is 261 g/mol. The zero-order valence-electron chi connectivity index (χ0n) is 12.5. The van der Waals surface area contributed by atoms with Gasteiger partial charge in [-0.2, -0.15) is 0 Å². The van der Waals surface area contributed by atoms with Crippen LogP contribution in [0, 0.1) is 5.92 Å². The van der Waals surface area contributed by atoms with E-state index in [1.807, 2.05) is 13.2 Å². The Hall–Kier alpha value is -1.09. The fraction of sp³-hybridized carbons (Fsp3) is 0.688. The summed E-state index contributed by atoms with van der Waals surface area (Å²) in [5.74, 6) is 0.856. The molecule has 2 unspecified atom stereocenters. The molecule has 0 saturated carbocycles. The quantitative estimate of drug-likeness (QED) is 0.880. The molecule has 1 N–H and O–H groups in total. The lowest BCUT2D eigenvalue weighted by Crippen LogP contribution is -2.35. The Morgan fingerprint density at radius 2 is 2.26 bits per heavy atom. The maximum absolute atomic E-state index is 4.64. The Bertz CT molecular complexity index is 370. The summed E-state index contributed by atoms with van der Waals surface area (Å²) in [6.07, 6.45) is 7.11. The molecule has 0 amide bonds. The highest BCUT2D eigenvalue weighted by Crippen LogP contribution is 2.25. The van der Waals surface area contributed by atoms with Gasteiger partial charge in [0.05, 0.1) is 17.6 Å². The predicted molar refractivity (Wildman–Crippen MR) is 81.6 cm³/mol. The van der Waals surface area contributed by atoms with Crippen LogP contribution in [0.25, 0.3) is 0 Å². The van der Waals surface area contributed by atoms with Crippen LogP contribution in [-0.2, 0) is 0 Å². The summed E-state index contributed by atoms with van der Waals surface area (Å²) in [6.45, 7) is 6.86. The summed E-state index contributed by atoms with van der Waals surface area (Å²) in [6, 6.07) is 4.79. The molecule has 19 heavy (non-hydrogen) atoms. The molecule has 0 bridgehead atoms. The molecule has 3 nitrogen and oxygen atoms in total. The monoisotopic (exact) mass is 261 g/mol. The van der Waals surface area contributed by atoms with Crippen molar-refractivity contribution in [3.05, 3.63) is 24.0 Å². The van der Waals surface area contributed by atoms with Crippen molar-refractivity contribution >= 4 is 5.69 Å². The van der Waals surface area contributed by atoms with Crippen molar-refractivity contribution in [1.29, 1.82) is 0 Å². The Morgan fingerprint density at radius 1 is 1.42 bits per heavy atom. The van der Waals surface area contributed by atoms with Gasteiger partial charge in [-0.1, -0.05) is 20.3 Å². The Balaban J connectivity index is 2.05. The molecular weight excluding hydrogens is 234 g/mol. The summed E-state index contributed by atoms with van der Waals surface area (Å²) in [5.41, 5.74) is 2.44. The first-order valence-corrected chi connectivity index (χ1v) is 7.66. The van der Waals surface area contributed by atoms with Crippen molar-refractivity contribution in [3.63, 3.8) is 0 Å². The molecule has 1 aromatic rings. The molecule has 1 aliphatic heterocycles. The first-order valence-electron chi connectivity index (χ1n) is 7.66. The molecule has 0 spiro atoms. The molecule has 1 fully saturated rings. The van der Waals surface area contributed by atoms with Crippen molar-refractivity contribution in [2.45, 2.75) is 45.6 Å². The zero-order valence-corrected chi connectivity index (χ0v) is 12.5. The van der Waals surface area contributed by atoms with Gasteiger partial charge in [0.1, 0.15) is 0 Å². The summed E-state index contributed by atoms with van der Waals surface area (Å²) in [5, 5.41) is 3.31. The molecule has 106 valence electrons. The number of piperidine rings is 1. The van der Waals surface area contributed by atoms with Gasteiger partial charge in [-0.25, -0.2) is 0 Å². The van der Waals surface area contributed by atoms with E-state index in [0.717, 1.165) is 18.0 Å². The fourth-order valence-corrected chi connectivity index (χ4v) is 2.98. The van der Waals surface area contributed by atoms with Crippen LogP contribution in [0.5, 0.6) is 0 Å². The van der Waals surface area contributed by atoms with Crippen LogP contribution >= 0.6 is 0 Å². The lowest BCUT2D eigenvalue weighted by atomic mass is 9.95. The van der Waals surface area contributed by atoms with E-state index in [-0.39, 0.29) is 0 Å². The maximum Gasteiger partial charge on any atom is 0.0574 e. The number of nitrogens with one attached hydrogen (secondary N) is 1. The third kappa shape index (κ3) is 3.47. The molecule has 2 atom stereocenters. The van der Waals surface area contributed by atoms with Gasteiger partial charge in [0.15, 0.2) is 0 Å². The van der Waals surface area contributed by atoms with E-state index < -0.39 is 0 Å². The fourth-order valence-electron chi connectivity index (χ4n) is 2.98. The van der Waals surface area contributed by atoms with Crippen LogP contribution in [0.15, 0.2) is 18.3 Å². The molecule has 1 aliphatic rings. The van der Waals surface area contributed by atoms with E-state index in [1.54, 1.807) is 0 Å². The predicted octanol–water partition coefficient (Wildman–Crippen LogP) is 3.38. The van der Waals surface area contributed by atoms with Crippen LogP contribution in [0.2, 0.25) is 0 Å². The lowest BCUT2D eigenvalue weighted by molar-refractivity contribution is 0.404. The second kappa shape index (κ2) is 6.90. The normalized spacial score (nSPS) is 21.4. The summed E-state index contributed by atoms with van der Waals surface area (Å²) < 4.78 is 0. The Labute approximate surface area is 117 Å². The van der Waals surface area contributed by atoms with Crippen LogP contribution in [0.1, 0.15) is 51.3 Å². The molecule has 2 rings (SSSR count). The Kier molecular flexibility index (Phi) is 5.20. The molecule has 3 heteroatoms. The van der Waals surface area contributed by atoms with E-state index in [0.29, 0.717) is 6.04 Å². The Morgan fingerprint density at radius 3 is 2.84 bits per heavy atom. The lowest BCUT2D eigenvalue weighted by Gasteiger charge is -2.34. The number of hydrogen-bond acceptors (Lipinski definition) is 3. The van der Waals surface area contributed by atoms with Gasteiger partial charge in [-0.15, -0.1) is 0 Å². The third-order valence-corrected chi connectivity index (χ3v) is 4.35. The minimum Gasteiger partial charge on any atom is -0.370 e. The molecule has 0 radical (unpaired) electrons. The van der Waals surface area contributed by atoms with E-state index in [1.165, 1.54) is 38.0 Å². The van der Waals surface area contributed by atoms with Crippen LogP contribution in [0.3, 0.4) is 0 Å². The summed E-state index contributed by atoms with van der Waals surface area (Å²) >= 11 is 0. The highest BCUT2D eigenvalue weighted by atomic mass is 15.1. The first kappa shape index (κ1) is 14.3. The highest BCUT2D eigenvalue weighted by Gasteiger charge is 2.19. The standard InChI is InChI=1S/C16H27N3/c1-4-13-7-6-10-19(12-13)14-8-9-16(18-11-14)15(5-2)17-3/h8-9,11,13,15,17H,4-7,10,12H2,1-3H3. The van der Waals surface area contributed by atoms with Gasteiger partial charge in [-0.05, 0) is 44.4 Å². The van der Waals surface area contributed by atoms with Crippen molar-refractivity contribution in [2.75, 3.05) is 25.0 Å². The van der Waals surface area contributed by atoms with Crippen LogP contribution in [0.4, 0.5) is 5.69 Å². The average Bonchev–Trinajstić information content (AvgIpc) is 2.49. The van der Waals surface area contributed by atoms with E-state index >= 15 is 0 Å². The number of rotatable bonds is 5. The minimum absolute atomic E-state index is 0.374. The van der Waals surface area contributed by atoms with Gasteiger partial charge < -0.3 is 10.2 Å². The van der Waals surface area contributed by atoms with Crippen LogP contribution < -0.4 is 10.2 Å². The smallest absolute Gasteiger partial charge is 0.0574 e. The first-order chi connectivity index (χ1) is 9.28. The van der Waals surface area contributed by atoms with Gasteiger partial charge in [0.2, 0.25) is 0 Å². The second-order valence-corrected chi connectivity index (χ2v) is 5.55. The van der Waals surface area contributed by atoms with Crippen LogP contribution in [-0.4, -0.2) is 25.1 Å². The molecule has 1 aromatic heterocycles. The molecular formula is C16H27N3. The van der Waals surface area contributed by atoms with E-state index in [9.17, 15) is 0 Å². The zero-order chi connectivity index (χ0) is 13.7. The minimum atomic E-state index is 0.374. The number of aromatic nitrogens is 1. The van der Waals surface area contributed by atoms with Crippen molar-refractivity contribution < 1.29 is 0 Å². The van der Waals surface area contributed by atoms with Gasteiger partial charge in [0, 0.05) is 19.1 Å². The van der Waals surface area contributed by atoms with Crippen molar-refractivity contribution in [2.24, 2.45) is 5.92 Å². The van der Waals surface area contributed by atoms with Crippen molar-refractivity contribution in [3.8, 4) is 0 Å². The maximum atomic E-state index is 4.64. The molecule has 0 aromatic carbocycles. The van der Waals surface area contributed by atoms with E-state index in [2.05, 4.69) is 41.2 Å². The second-order valence-electron chi connectivity index (χ2n) is 5.55. The SMILES string of the molecule is CCC1CCCN(c2ccc(C(CC)NC)nc2)C1.